The van der Waals surface area contributed by atoms with Gasteiger partial charge in [-0.15, -0.1) is 0 Å². The molecule has 2 heterocycles. The Morgan fingerprint density at radius 2 is 0.920 bits per heavy atom. The van der Waals surface area contributed by atoms with Gasteiger partial charge in [-0.25, -0.2) is 0 Å². The number of hydrogen-bond acceptors (Lipinski definition) is 2. The van der Waals surface area contributed by atoms with E-state index in [4.69, 9.17) is 0 Å². The molecule has 2 nitrogen and oxygen atoms in total. The van der Waals surface area contributed by atoms with E-state index in [0.717, 1.165) is 11.4 Å². The average Bonchev–Trinajstić information content (AvgIpc) is 3.53. The van der Waals surface area contributed by atoms with Gasteiger partial charge >= 0.3 is 0 Å². The highest BCUT2D eigenvalue weighted by atomic mass is 15.0. The maximum Gasteiger partial charge on any atom is 0.0847 e. The summed E-state index contributed by atoms with van der Waals surface area (Å²) in [6.45, 7) is 0. The average molecular weight is 639 g/mol. The van der Waals surface area contributed by atoms with Gasteiger partial charge in [-0.05, 0) is 83.8 Å². The number of allylic oxidation sites excluding steroid dienone is 4. The van der Waals surface area contributed by atoms with Crippen molar-refractivity contribution in [2.45, 2.75) is 12.1 Å². The lowest BCUT2D eigenvalue weighted by atomic mass is 9.82. The molecule has 0 aromatic heterocycles. The van der Waals surface area contributed by atoms with Crippen molar-refractivity contribution in [2.24, 2.45) is 0 Å². The van der Waals surface area contributed by atoms with Crippen molar-refractivity contribution in [3.8, 4) is 44.5 Å². The van der Waals surface area contributed by atoms with Crippen LogP contribution in [0.4, 0.5) is 0 Å². The molecule has 2 N–H and O–H groups in total. The Kier molecular flexibility index (Phi) is 6.67. The van der Waals surface area contributed by atoms with Gasteiger partial charge in [0.2, 0.25) is 0 Å². The topological polar surface area (TPSA) is 24.1 Å². The molecule has 0 bridgehead atoms. The fraction of sp³-hybridized carbons (Fsp3) is 0.0417. The van der Waals surface area contributed by atoms with Crippen LogP contribution in [0.15, 0.2) is 188 Å². The fourth-order valence-electron chi connectivity index (χ4n) is 8.31. The van der Waals surface area contributed by atoms with E-state index in [1.807, 2.05) is 0 Å². The van der Waals surface area contributed by atoms with Gasteiger partial charge in [-0.2, -0.15) is 0 Å². The Hall–Kier alpha value is -6.38. The maximum atomic E-state index is 3.89. The Labute approximate surface area is 292 Å². The lowest BCUT2D eigenvalue weighted by molar-refractivity contribution is 0.633. The van der Waals surface area contributed by atoms with Gasteiger partial charge in [0.1, 0.15) is 0 Å². The zero-order valence-electron chi connectivity index (χ0n) is 27.5. The summed E-state index contributed by atoms with van der Waals surface area (Å²) in [5.41, 5.74) is 15.1. The van der Waals surface area contributed by atoms with Crippen molar-refractivity contribution in [2.75, 3.05) is 0 Å². The van der Waals surface area contributed by atoms with Crippen LogP contribution in [-0.2, 0) is 0 Å². The SMILES string of the molecule is C1=CC(C2=CC=CC(c3ccccc3)N2)NC(c2ccc3c4c(cccc24)-c2c-3c(-c3ccccc3)c3ccccc3c2-c2ccccc2)=C1. The minimum Gasteiger partial charge on any atom is -0.376 e. The molecule has 1 aliphatic carbocycles. The lowest BCUT2D eigenvalue weighted by Gasteiger charge is -2.30. The van der Waals surface area contributed by atoms with Crippen LogP contribution in [0.3, 0.4) is 0 Å². The highest BCUT2D eigenvalue weighted by molar-refractivity contribution is 6.28. The first-order valence-electron chi connectivity index (χ1n) is 17.4. The molecule has 0 saturated carbocycles. The van der Waals surface area contributed by atoms with Crippen molar-refractivity contribution < 1.29 is 0 Å². The highest BCUT2D eigenvalue weighted by Crippen LogP contribution is 2.58. The molecule has 0 saturated heterocycles. The summed E-state index contributed by atoms with van der Waals surface area (Å²) < 4.78 is 0. The third-order valence-corrected chi connectivity index (χ3v) is 10.5. The largest absolute Gasteiger partial charge is 0.376 e. The van der Waals surface area contributed by atoms with Crippen molar-refractivity contribution in [1.82, 2.24) is 10.6 Å². The smallest absolute Gasteiger partial charge is 0.0847 e. The quantitative estimate of drug-likeness (QED) is 0.196. The molecule has 0 spiro atoms. The molecule has 3 aliphatic rings. The molecule has 0 fully saturated rings. The monoisotopic (exact) mass is 638 g/mol. The summed E-state index contributed by atoms with van der Waals surface area (Å²) in [6, 6.07) is 53.2. The van der Waals surface area contributed by atoms with E-state index in [2.05, 4.69) is 193 Å². The van der Waals surface area contributed by atoms with E-state index in [1.54, 1.807) is 0 Å². The predicted octanol–water partition coefficient (Wildman–Crippen LogP) is 11.6. The van der Waals surface area contributed by atoms with Crippen LogP contribution in [0, 0.1) is 0 Å². The molecular formula is C48H34N2. The van der Waals surface area contributed by atoms with Gasteiger partial charge < -0.3 is 10.6 Å². The maximum absolute atomic E-state index is 3.89. The van der Waals surface area contributed by atoms with Gasteiger partial charge in [0.05, 0.1) is 12.1 Å². The second-order valence-corrected chi connectivity index (χ2v) is 13.3. The molecule has 0 radical (unpaired) electrons. The number of benzene rings is 7. The summed E-state index contributed by atoms with van der Waals surface area (Å²) in [7, 11) is 0. The standard InChI is InChI=1S/C48H34N2/c1-4-15-31(16-5-1)40-25-13-27-42(49-40)43-28-14-26-41(50-43)34-29-30-39-46-35(34)23-12-24-38(46)47-44(32-17-6-2-7-18-32)36-21-10-11-22-37(36)45(48(39)47)33-19-8-3-9-20-33/h1-30,40,43,49-50H. The Bertz CT molecular complexity index is 2480. The molecule has 2 unspecified atom stereocenters. The summed E-state index contributed by atoms with van der Waals surface area (Å²) >= 11 is 0. The molecule has 10 rings (SSSR count). The van der Waals surface area contributed by atoms with Crippen molar-refractivity contribution in [3.63, 3.8) is 0 Å². The van der Waals surface area contributed by atoms with Crippen LogP contribution in [0.1, 0.15) is 17.2 Å². The Morgan fingerprint density at radius 3 is 1.60 bits per heavy atom. The molecule has 7 aromatic rings. The summed E-state index contributed by atoms with van der Waals surface area (Å²) in [6.07, 6.45) is 13.2. The van der Waals surface area contributed by atoms with E-state index in [-0.39, 0.29) is 12.1 Å². The molecule has 2 heteroatoms. The number of rotatable bonds is 5. The van der Waals surface area contributed by atoms with Gasteiger partial charge in [-0.3, -0.25) is 0 Å². The van der Waals surface area contributed by atoms with Crippen LogP contribution in [0.2, 0.25) is 0 Å². The minimum atomic E-state index is 0.0334. The van der Waals surface area contributed by atoms with Crippen LogP contribution >= 0.6 is 0 Å². The van der Waals surface area contributed by atoms with E-state index in [0.29, 0.717) is 0 Å². The van der Waals surface area contributed by atoms with E-state index >= 15 is 0 Å². The molecule has 0 amide bonds. The van der Waals surface area contributed by atoms with Gasteiger partial charge in [-0.1, -0.05) is 170 Å². The van der Waals surface area contributed by atoms with Crippen molar-refractivity contribution in [1.29, 1.82) is 0 Å². The Balaban J connectivity index is 1.14. The number of dihydropyridines is 2. The van der Waals surface area contributed by atoms with Crippen LogP contribution in [0.25, 0.3) is 71.7 Å². The van der Waals surface area contributed by atoms with E-state index < -0.39 is 0 Å². The predicted molar refractivity (Wildman–Crippen MR) is 210 cm³/mol. The van der Waals surface area contributed by atoms with E-state index in [1.165, 1.54) is 77.2 Å². The summed E-state index contributed by atoms with van der Waals surface area (Å²) in [5.74, 6) is 0. The molecule has 2 aliphatic heterocycles. The normalized spacial score (nSPS) is 17.2. The van der Waals surface area contributed by atoms with Gasteiger partial charge in [0.15, 0.2) is 0 Å². The van der Waals surface area contributed by atoms with Crippen LogP contribution in [-0.4, -0.2) is 6.04 Å². The minimum absolute atomic E-state index is 0.0334. The first kappa shape index (κ1) is 28.6. The summed E-state index contributed by atoms with van der Waals surface area (Å²) in [5, 5.41) is 12.8. The lowest BCUT2D eigenvalue weighted by Crippen LogP contribution is -2.37. The number of hydrogen-bond donors (Lipinski definition) is 2. The van der Waals surface area contributed by atoms with E-state index in [9.17, 15) is 0 Å². The van der Waals surface area contributed by atoms with Gasteiger partial charge in [0, 0.05) is 17.0 Å². The van der Waals surface area contributed by atoms with Crippen LogP contribution in [0.5, 0.6) is 0 Å². The highest BCUT2D eigenvalue weighted by Gasteiger charge is 2.31. The molecule has 7 aromatic carbocycles. The van der Waals surface area contributed by atoms with Crippen molar-refractivity contribution in [3.05, 3.63) is 199 Å². The third kappa shape index (κ3) is 4.49. The first-order chi connectivity index (χ1) is 24.8. The fourth-order valence-corrected chi connectivity index (χ4v) is 8.31. The molecular weight excluding hydrogens is 605 g/mol. The molecule has 50 heavy (non-hydrogen) atoms. The molecule has 236 valence electrons. The number of fused-ring (bicyclic) bond motifs is 4. The second-order valence-electron chi connectivity index (χ2n) is 13.3. The Morgan fingerprint density at radius 1 is 0.380 bits per heavy atom. The van der Waals surface area contributed by atoms with Crippen LogP contribution < -0.4 is 10.6 Å². The third-order valence-electron chi connectivity index (χ3n) is 10.5. The van der Waals surface area contributed by atoms with Gasteiger partial charge in [0.25, 0.3) is 0 Å². The number of nitrogens with one attached hydrogen (secondary N) is 2. The molecule has 2 atom stereocenters. The second kappa shape index (κ2) is 11.6. The summed E-state index contributed by atoms with van der Waals surface area (Å²) in [4.78, 5) is 0. The zero-order chi connectivity index (χ0) is 33.0. The first-order valence-corrected chi connectivity index (χ1v) is 17.4. The zero-order valence-corrected chi connectivity index (χ0v) is 27.5. The van der Waals surface area contributed by atoms with Crippen molar-refractivity contribution >= 4 is 27.2 Å².